The molecule has 0 aliphatic heterocycles. The van der Waals surface area contributed by atoms with Gasteiger partial charge in [-0.1, -0.05) is 6.07 Å². The fourth-order valence-corrected chi connectivity index (χ4v) is 1.80. The van der Waals surface area contributed by atoms with E-state index in [-0.39, 0.29) is 6.54 Å². The SMILES string of the molecule is COc1ccc(CNS(=O)(=O)N(C)C)cc1N. The van der Waals surface area contributed by atoms with E-state index >= 15 is 0 Å². The van der Waals surface area contributed by atoms with Crippen LogP contribution in [-0.4, -0.2) is 33.9 Å². The lowest BCUT2D eigenvalue weighted by atomic mass is 10.2. The van der Waals surface area contributed by atoms with E-state index in [1.54, 1.807) is 18.2 Å². The van der Waals surface area contributed by atoms with Gasteiger partial charge in [0, 0.05) is 20.6 Å². The molecule has 0 atom stereocenters. The first kappa shape index (κ1) is 13.8. The minimum absolute atomic E-state index is 0.189. The van der Waals surface area contributed by atoms with Gasteiger partial charge in [-0.2, -0.15) is 17.4 Å². The molecule has 0 aromatic heterocycles. The normalized spacial score (nSPS) is 11.8. The van der Waals surface area contributed by atoms with Crippen LogP contribution in [0.2, 0.25) is 0 Å². The Morgan fingerprint density at radius 3 is 2.53 bits per heavy atom. The first-order chi connectivity index (χ1) is 7.86. The maximum absolute atomic E-state index is 11.5. The Labute approximate surface area is 102 Å². The third-order valence-electron chi connectivity index (χ3n) is 2.23. The minimum Gasteiger partial charge on any atom is -0.495 e. The highest BCUT2D eigenvalue weighted by molar-refractivity contribution is 7.87. The van der Waals surface area contributed by atoms with Gasteiger partial charge in [-0.15, -0.1) is 0 Å². The average molecular weight is 259 g/mol. The van der Waals surface area contributed by atoms with Gasteiger partial charge < -0.3 is 10.5 Å². The maximum atomic E-state index is 11.5. The summed E-state index contributed by atoms with van der Waals surface area (Å²) in [6.07, 6.45) is 0. The van der Waals surface area contributed by atoms with Gasteiger partial charge in [0.2, 0.25) is 0 Å². The van der Waals surface area contributed by atoms with Gasteiger partial charge in [-0.3, -0.25) is 0 Å². The number of ether oxygens (including phenoxy) is 1. The highest BCUT2D eigenvalue weighted by atomic mass is 32.2. The summed E-state index contributed by atoms with van der Waals surface area (Å²) >= 11 is 0. The second kappa shape index (κ2) is 5.35. The molecule has 1 rings (SSSR count). The Morgan fingerprint density at radius 2 is 2.06 bits per heavy atom. The molecule has 0 unspecified atom stereocenters. The lowest BCUT2D eigenvalue weighted by Crippen LogP contribution is -2.35. The fourth-order valence-electron chi connectivity index (χ4n) is 1.20. The summed E-state index contributed by atoms with van der Waals surface area (Å²) in [5.41, 5.74) is 6.97. The van der Waals surface area contributed by atoms with Crippen molar-refractivity contribution in [2.45, 2.75) is 6.54 Å². The van der Waals surface area contributed by atoms with E-state index in [0.717, 1.165) is 9.87 Å². The third-order valence-corrected chi connectivity index (χ3v) is 3.70. The molecule has 1 aromatic carbocycles. The molecule has 3 N–H and O–H groups in total. The first-order valence-corrected chi connectivity index (χ1v) is 6.40. The molecule has 0 aliphatic carbocycles. The summed E-state index contributed by atoms with van der Waals surface area (Å²) in [4.78, 5) is 0. The molecule has 0 spiro atoms. The van der Waals surface area contributed by atoms with E-state index in [4.69, 9.17) is 10.5 Å². The van der Waals surface area contributed by atoms with Crippen LogP contribution >= 0.6 is 0 Å². The topological polar surface area (TPSA) is 84.7 Å². The smallest absolute Gasteiger partial charge is 0.279 e. The summed E-state index contributed by atoms with van der Waals surface area (Å²) in [5, 5.41) is 0. The van der Waals surface area contributed by atoms with Crippen LogP contribution < -0.4 is 15.2 Å². The van der Waals surface area contributed by atoms with Crippen molar-refractivity contribution in [1.82, 2.24) is 9.03 Å². The lowest BCUT2D eigenvalue weighted by Gasteiger charge is -2.13. The zero-order valence-corrected chi connectivity index (χ0v) is 10.9. The lowest BCUT2D eigenvalue weighted by molar-refractivity contribution is 0.417. The molecular weight excluding hydrogens is 242 g/mol. The average Bonchev–Trinajstić information content (AvgIpc) is 2.26. The Bertz CT molecular complexity index is 486. The molecule has 0 saturated heterocycles. The summed E-state index contributed by atoms with van der Waals surface area (Å²) < 4.78 is 31.5. The summed E-state index contributed by atoms with van der Waals surface area (Å²) in [6.45, 7) is 0.189. The Hall–Kier alpha value is -1.31. The molecule has 0 heterocycles. The number of hydrogen-bond donors (Lipinski definition) is 2. The maximum Gasteiger partial charge on any atom is 0.279 e. The number of benzene rings is 1. The van der Waals surface area contributed by atoms with Crippen LogP contribution in [0.3, 0.4) is 0 Å². The number of anilines is 1. The van der Waals surface area contributed by atoms with Gasteiger partial charge in [0.1, 0.15) is 5.75 Å². The van der Waals surface area contributed by atoms with E-state index in [9.17, 15) is 8.42 Å². The van der Waals surface area contributed by atoms with Crippen LogP contribution in [0.15, 0.2) is 18.2 Å². The minimum atomic E-state index is -3.41. The molecule has 7 heteroatoms. The standard InChI is InChI=1S/C10H17N3O3S/c1-13(2)17(14,15)12-7-8-4-5-10(16-3)9(11)6-8/h4-6,12H,7,11H2,1-3H3. The molecule has 17 heavy (non-hydrogen) atoms. The monoisotopic (exact) mass is 259 g/mol. The van der Waals surface area contributed by atoms with Crippen LogP contribution in [0.4, 0.5) is 5.69 Å². The fraction of sp³-hybridized carbons (Fsp3) is 0.400. The van der Waals surface area contributed by atoms with Crippen LogP contribution in [0.25, 0.3) is 0 Å². The number of hydrogen-bond acceptors (Lipinski definition) is 4. The predicted molar refractivity (Wildman–Crippen MR) is 66.9 cm³/mol. The van der Waals surface area contributed by atoms with Gasteiger partial charge in [0.05, 0.1) is 12.8 Å². The number of nitrogens with zero attached hydrogens (tertiary/aromatic N) is 1. The molecule has 0 bridgehead atoms. The molecule has 0 aliphatic rings. The molecule has 1 aromatic rings. The second-order valence-electron chi connectivity index (χ2n) is 3.68. The van der Waals surface area contributed by atoms with Gasteiger partial charge in [0.15, 0.2) is 0 Å². The Morgan fingerprint density at radius 1 is 1.41 bits per heavy atom. The summed E-state index contributed by atoms with van der Waals surface area (Å²) in [5.74, 6) is 0.573. The Kier molecular flexibility index (Phi) is 4.33. The van der Waals surface area contributed by atoms with Crippen molar-refractivity contribution in [1.29, 1.82) is 0 Å². The van der Waals surface area contributed by atoms with Crippen molar-refractivity contribution in [3.05, 3.63) is 23.8 Å². The molecular formula is C10H17N3O3S. The van der Waals surface area contributed by atoms with E-state index in [0.29, 0.717) is 11.4 Å². The van der Waals surface area contributed by atoms with Crippen molar-refractivity contribution in [3.8, 4) is 5.75 Å². The van der Waals surface area contributed by atoms with Crippen LogP contribution in [0.5, 0.6) is 5.75 Å². The van der Waals surface area contributed by atoms with Crippen LogP contribution in [-0.2, 0) is 16.8 Å². The predicted octanol–water partition coefficient (Wildman–Crippen LogP) is 0.173. The zero-order chi connectivity index (χ0) is 13.1. The number of nitrogens with two attached hydrogens (primary N) is 1. The van der Waals surface area contributed by atoms with Crippen molar-refractivity contribution in [2.24, 2.45) is 0 Å². The molecule has 0 saturated carbocycles. The Balaban J connectivity index is 2.74. The van der Waals surface area contributed by atoms with Crippen molar-refractivity contribution in [2.75, 3.05) is 26.9 Å². The quantitative estimate of drug-likeness (QED) is 0.738. The van der Waals surface area contributed by atoms with Gasteiger partial charge in [-0.05, 0) is 17.7 Å². The molecule has 0 amide bonds. The van der Waals surface area contributed by atoms with E-state index in [1.807, 2.05) is 0 Å². The number of nitrogens with one attached hydrogen (secondary N) is 1. The second-order valence-corrected chi connectivity index (χ2v) is 5.65. The van der Waals surface area contributed by atoms with Gasteiger partial charge in [-0.25, -0.2) is 0 Å². The third kappa shape index (κ3) is 3.58. The molecule has 6 nitrogen and oxygen atoms in total. The highest BCUT2D eigenvalue weighted by Crippen LogP contribution is 2.21. The van der Waals surface area contributed by atoms with Crippen LogP contribution in [0, 0.1) is 0 Å². The number of nitrogen functional groups attached to an aromatic ring is 1. The number of rotatable bonds is 5. The first-order valence-electron chi connectivity index (χ1n) is 4.96. The summed E-state index contributed by atoms with van der Waals surface area (Å²) in [7, 11) is 1.04. The van der Waals surface area contributed by atoms with Gasteiger partial charge >= 0.3 is 0 Å². The van der Waals surface area contributed by atoms with E-state index < -0.39 is 10.2 Å². The molecule has 0 fully saturated rings. The largest absolute Gasteiger partial charge is 0.495 e. The number of methoxy groups -OCH3 is 1. The molecule has 96 valence electrons. The van der Waals surface area contributed by atoms with Crippen molar-refractivity contribution < 1.29 is 13.2 Å². The van der Waals surface area contributed by atoms with Gasteiger partial charge in [0.25, 0.3) is 10.2 Å². The van der Waals surface area contributed by atoms with Crippen LogP contribution in [0.1, 0.15) is 5.56 Å². The van der Waals surface area contributed by atoms with E-state index in [1.165, 1.54) is 21.2 Å². The molecule has 0 radical (unpaired) electrons. The highest BCUT2D eigenvalue weighted by Gasteiger charge is 2.12. The van der Waals surface area contributed by atoms with Crippen molar-refractivity contribution in [3.63, 3.8) is 0 Å². The summed E-state index contributed by atoms with van der Waals surface area (Å²) in [6, 6.07) is 5.14. The zero-order valence-electron chi connectivity index (χ0n) is 10.1. The van der Waals surface area contributed by atoms with E-state index in [2.05, 4.69) is 4.72 Å². The van der Waals surface area contributed by atoms with Crippen molar-refractivity contribution >= 4 is 15.9 Å².